The van der Waals surface area contributed by atoms with Crippen LogP contribution in [0.3, 0.4) is 0 Å². The lowest BCUT2D eigenvalue weighted by molar-refractivity contribution is -0.145. The monoisotopic (exact) mass is 374 g/mol. The number of halogens is 2. The third kappa shape index (κ3) is 9.55. The van der Waals surface area contributed by atoms with Gasteiger partial charge in [0.05, 0.1) is 13.2 Å². The van der Waals surface area contributed by atoms with Gasteiger partial charge in [0, 0.05) is 0 Å². The molecule has 7 heteroatoms. The Morgan fingerprint density at radius 1 is 0.882 bits per heavy atom. The Hall–Kier alpha value is -0.140. The largest absolute Gasteiger partial charge is 0.462 e. The van der Waals surface area contributed by atoms with Gasteiger partial charge in [0.1, 0.15) is 22.9 Å². The summed E-state index contributed by atoms with van der Waals surface area (Å²) >= 11 is 6.17. The summed E-state index contributed by atoms with van der Waals surface area (Å²) in [5.41, 5.74) is 0. The zero-order chi connectivity index (χ0) is 13.3. The number of ether oxygens (including phenoxy) is 3. The first-order valence-electron chi connectivity index (χ1n) is 5.14. The van der Waals surface area contributed by atoms with E-state index in [1.807, 2.05) is 0 Å². The van der Waals surface area contributed by atoms with E-state index in [9.17, 15) is 9.59 Å². The predicted molar refractivity (Wildman–Crippen MR) is 69.5 cm³/mol. The zero-order valence-corrected chi connectivity index (χ0v) is 13.0. The lowest BCUT2D eigenvalue weighted by Gasteiger charge is -2.08. The van der Waals surface area contributed by atoms with Crippen molar-refractivity contribution < 1.29 is 23.8 Å². The third-order valence-electron chi connectivity index (χ3n) is 1.59. The maximum atomic E-state index is 11.0. The summed E-state index contributed by atoms with van der Waals surface area (Å²) in [6.07, 6.45) is 0. The van der Waals surface area contributed by atoms with Crippen LogP contribution < -0.4 is 0 Å². The third-order valence-corrected chi connectivity index (χ3v) is 2.34. The van der Waals surface area contributed by atoms with Crippen molar-refractivity contribution in [1.29, 1.82) is 0 Å². The molecule has 0 radical (unpaired) electrons. The van der Waals surface area contributed by atoms with Crippen molar-refractivity contribution in [3.05, 3.63) is 0 Å². The molecule has 0 aromatic rings. The number of hydrogen-bond donors (Lipinski definition) is 0. The molecule has 100 valence electrons. The van der Waals surface area contributed by atoms with Crippen molar-refractivity contribution >= 4 is 43.8 Å². The van der Waals surface area contributed by atoms with Gasteiger partial charge in [-0.2, -0.15) is 0 Å². The summed E-state index contributed by atoms with van der Waals surface area (Å²) in [5, 5.41) is 0. The Morgan fingerprint density at radius 3 is 1.53 bits per heavy atom. The van der Waals surface area contributed by atoms with E-state index in [2.05, 4.69) is 31.9 Å². The first-order valence-corrected chi connectivity index (χ1v) is 6.97. The Morgan fingerprint density at radius 2 is 1.24 bits per heavy atom. The summed E-state index contributed by atoms with van der Waals surface area (Å²) in [4.78, 5) is 21.4. The van der Waals surface area contributed by atoms with E-state index < -0.39 is 0 Å². The minimum absolute atomic E-state index is 0.192. The minimum atomic E-state index is -0.326. The fourth-order valence-electron chi connectivity index (χ4n) is 0.734. The molecule has 0 aliphatic heterocycles. The van der Waals surface area contributed by atoms with E-state index in [0.717, 1.165) is 0 Å². The SMILES string of the molecule is CC(Br)C(=O)OCCOCCOC(=O)C(C)Br. The van der Waals surface area contributed by atoms with E-state index in [4.69, 9.17) is 14.2 Å². The molecule has 0 saturated carbocycles. The number of carbonyl (C=O) groups is 2. The molecule has 0 aromatic heterocycles. The molecular weight excluding hydrogens is 360 g/mol. The standard InChI is InChI=1S/C10H16Br2O5/c1-7(11)9(13)16-5-3-15-4-6-17-10(14)8(2)12/h7-8H,3-6H2,1-2H3. The van der Waals surface area contributed by atoms with Crippen LogP contribution in [0.5, 0.6) is 0 Å². The quantitative estimate of drug-likeness (QED) is 0.366. The average Bonchev–Trinajstić information content (AvgIpc) is 2.26. The van der Waals surface area contributed by atoms with Crippen LogP contribution in [0.2, 0.25) is 0 Å². The topological polar surface area (TPSA) is 61.8 Å². The van der Waals surface area contributed by atoms with Gasteiger partial charge in [-0.15, -0.1) is 0 Å². The van der Waals surface area contributed by atoms with Crippen molar-refractivity contribution in [2.45, 2.75) is 23.5 Å². The van der Waals surface area contributed by atoms with Gasteiger partial charge >= 0.3 is 11.9 Å². The van der Waals surface area contributed by atoms with Crippen LogP contribution in [0.25, 0.3) is 0 Å². The molecule has 0 spiro atoms. The predicted octanol–water partition coefficient (Wildman–Crippen LogP) is 1.66. The maximum Gasteiger partial charge on any atom is 0.319 e. The second kappa shape index (κ2) is 9.85. The fourth-order valence-corrected chi connectivity index (χ4v) is 0.998. The van der Waals surface area contributed by atoms with Gasteiger partial charge in [0.15, 0.2) is 0 Å². The van der Waals surface area contributed by atoms with E-state index in [1.54, 1.807) is 13.8 Å². The van der Waals surface area contributed by atoms with Crippen molar-refractivity contribution in [2.75, 3.05) is 26.4 Å². The number of carbonyl (C=O) groups excluding carboxylic acids is 2. The van der Waals surface area contributed by atoms with Crippen molar-refractivity contribution in [3.8, 4) is 0 Å². The Bertz CT molecular complexity index is 219. The number of alkyl halides is 2. The highest BCUT2D eigenvalue weighted by Gasteiger charge is 2.10. The summed E-state index contributed by atoms with van der Waals surface area (Å²) in [7, 11) is 0. The van der Waals surface area contributed by atoms with Gasteiger partial charge in [-0.05, 0) is 13.8 Å². The van der Waals surface area contributed by atoms with Crippen LogP contribution >= 0.6 is 31.9 Å². The van der Waals surface area contributed by atoms with Crippen LogP contribution in [0.15, 0.2) is 0 Å². The Labute approximate surface area is 117 Å². The number of esters is 2. The second-order valence-corrected chi connectivity index (χ2v) is 5.93. The van der Waals surface area contributed by atoms with Gasteiger partial charge in [-0.1, -0.05) is 31.9 Å². The molecule has 5 nitrogen and oxygen atoms in total. The first-order chi connectivity index (χ1) is 7.95. The van der Waals surface area contributed by atoms with E-state index in [0.29, 0.717) is 0 Å². The lowest BCUT2D eigenvalue weighted by atomic mass is 10.5. The van der Waals surface area contributed by atoms with Crippen molar-refractivity contribution in [2.24, 2.45) is 0 Å². The fraction of sp³-hybridized carbons (Fsp3) is 0.800. The molecule has 2 unspecified atom stereocenters. The molecule has 0 fully saturated rings. The molecule has 2 atom stereocenters. The Kier molecular flexibility index (Phi) is 9.76. The molecular formula is C10H16Br2O5. The van der Waals surface area contributed by atoms with Crippen LogP contribution in [-0.4, -0.2) is 48.0 Å². The molecule has 0 aliphatic carbocycles. The highest BCUT2D eigenvalue weighted by Crippen LogP contribution is 2.00. The summed E-state index contributed by atoms with van der Waals surface area (Å²) in [6.45, 7) is 4.32. The smallest absolute Gasteiger partial charge is 0.319 e. The molecule has 0 aliphatic rings. The van der Waals surface area contributed by atoms with Crippen LogP contribution in [-0.2, 0) is 23.8 Å². The normalized spacial score (nSPS) is 13.9. The molecule has 0 N–H and O–H groups in total. The van der Waals surface area contributed by atoms with E-state index >= 15 is 0 Å². The van der Waals surface area contributed by atoms with Gasteiger partial charge in [0.2, 0.25) is 0 Å². The van der Waals surface area contributed by atoms with Gasteiger partial charge in [-0.25, -0.2) is 0 Å². The second-order valence-electron chi connectivity index (χ2n) is 3.18. The summed E-state index contributed by atoms with van der Waals surface area (Å²) < 4.78 is 14.8. The zero-order valence-electron chi connectivity index (χ0n) is 9.78. The minimum Gasteiger partial charge on any atom is -0.462 e. The highest BCUT2D eigenvalue weighted by atomic mass is 79.9. The average molecular weight is 376 g/mol. The van der Waals surface area contributed by atoms with Crippen LogP contribution in [0, 0.1) is 0 Å². The van der Waals surface area contributed by atoms with Gasteiger partial charge in [0.25, 0.3) is 0 Å². The van der Waals surface area contributed by atoms with E-state index in [1.165, 1.54) is 0 Å². The van der Waals surface area contributed by atoms with Crippen molar-refractivity contribution in [3.63, 3.8) is 0 Å². The van der Waals surface area contributed by atoms with Crippen molar-refractivity contribution in [1.82, 2.24) is 0 Å². The molecule has 0 aromatic carbocycles. The summed E-state index contributed by atoms with van der Waals surface area (Å²) in [6, 6.07) is 0. The molecule has 0 rings (SSSR count). The van der Waals surface area contributed by atoms with Gasteiger partial charge in [-0.3, -0.25) is 9.59 Å². The van der Waals surface area contributed by atoms with E-state index in [-0.39, 0.29) is 48.0 Å². The molecule has 0 heterocycles. The Balaban J connectivity index is 3.30. The number of hydrogen-bond acceptors (Lipinski definition) is 5. The molecule has 0 amide bonds. The first kappa shape index (κ1) is 16.9. The maximum absolute atomic E-state index is 11.0. The number of rotatable bonds is 8. The van der Waals surface area contributed by atoms with Crippen LogP contribution in [0.1, 0.15) is 13.8 Å². The highest BCUT2D eigenvalue weighted by molar-refractivity contribution is 9.10. The molecule has 17 heavy (non-hydrogen) atoms. The summed E-state index contributed by atoms with van der Waals surface area (Å²) in [5.74, 6) is -0.652. The van der Waals surface area contributed by atoms with Gasteiger partial charge < -0.3 is 14.2 Å². The molecule has 0 bridgehead atoms. The lowest BCUT2D eigenvalue weighted by Crippen LogP contribution is -2.19. The molecule has 0 saturated heterocycles. The van der Waals surface area contributed by atoms with Crippen LogP contribution in [0.4, 0.5) is 0 Å².